The zero-order valence-corrected chi connectivity index (χ0v) is 16.5. The summed E-state index contributed by atoms with van der Waals surface area (Å²) in [5, 5.41) is 2.51. The van der Waals surface area contributed by atoms with Crippen LogP contribution < -0.4 is 14.6 Å². The molecule has 1 aromatic rings. The van der Waals surface area contributed by atoms with Gasteiger partial charge in [-0.1, -0.05) is 13.8 Å². The molecular weight excluding hydrogens is 367 g/mol. The maximum absolute atomic E-state index is 12.3. The fourth-order valence-corrected chi connectivity index (χ4v) is 3.87. The van der Waals surface area contributed by atoms with Gasteiger partial charge in [-0.25, -0.2) is 22.5 Å². The third-order valence-corrected chi connectivity index (χ3v) is 6.57. The Morgan fingerprint density at radius 3 is 2.28 bits per heavy atom. The molecule has 8 nitrogen and oxygen atoms in total. The molecular formula is C15H25N2O6PS. The van der Waals surface area contributed by atoms with E-state index < -0.39 is 23.7 Å². The number of amides is 2. The summed E-state index contributed by atoms with van der Waals surface area (Å²) in [4.78, 5) is 11.6. The van der Waals surface area contributed by atoms with Crippen LogP contribution in [0.25, 0.3) is 0 Å². The van der Waals surface area contributed by atoms with Crippen molar-refractivity contribution in [3.05, 3.63) is 24.3 Å². The summed E-state index contributed by atoms with van der Waals surface area (Å²) in [6.07, 6.45) is 0.870. The second kappa shape index (κ2) is 9.22. The van der Waals surface area contributed by atoms with Crippen LogP contribution in [0.5, 0.6) is 5.75 Å². The minimum Gasteiger partial charge on any atom is -0.424 e. The molecule has 0 aliphatic heterocycles. The molecule has 0 radical (unpaired) electrons. The van der Waals surface area contributed by atoms with E-state index in [0.717, 1.165) is 0 Å². The molecule has 0 fully saturated rings. The maximum Gasteiger partial charge on any atom is 0.378 e. The topological polar surface area (TPSA) is 111 Å². The van der Waals surface area contributed by atoms with Gasteiger partial charge in [-0.3, -0.25) is 0 Å². The van der Waals surface area contributed by atoms with Crippen LogP contribution in [0.4, 0.5) is 4.79 Å². The number of urea groups is 1. The Bertz CT molecular complexity index is 720. The van der Waals surface area contributed by atoms with Crippen LogP contribution in [0, 0.1) is 0 Å². The van der Waals surface area contributed by atoms with E-state index in [1.807, 2.05) is 11.6 Å². The lowest BCUT2D eigenvalue weighted by Gasteiger charge is -2.17. The summed E-state index contributed by atoms with van der Waals surface area (Å²) >= 11 is 0. The number of carbonyl (C=O) groups is 1. The van der Waals surface area contributed by atoms with Crippen molar-refractivity contribution < 1.29 is 26.8 Å². The summed E-state index contributed by atoms with van der Waals surface area (Å²) in [5.41, 5.74) is 0. The Labute approximate surface area is 148 Å². The number of hydrogen-bond donors (Lipinski definition) is 2. The molecule has 0 aliphatic rings. The first-order valence-corrected chi connectivity index (χ1v) is 11.2. The molecule has 0 aliphatic carbocycles. The molecule has 0 aromatic heterocycles. The highest BCUT2D eigenvalue weighted by Crippen LogP contribution is 2.47. The predicted molar refractivity (Wildman–Crippen MR) is 95.4 cm³/mol. The van der Waals surface area contributed by atoms with Crippen LogP contribution >= 0.6 is 7.60 Å². The molecule has 0 saturated heterocycles. The van der Waals surface area contributed by atoms with Crippen LogP contribution in [-0.2, 0) is 19.1 Å². The van der Waals surface area contributed by atoms with Crippen molar-refractivity contribution in [2.75, 3.05) is 12.8 Å². The zero-order valence-electron chi connectivity index (χ0n) is 14.8. The van der Waals surface area contributed by atoms with Gasteiger partial charge in [0.1, 0.15) is 5.75 Å². The number of hydrogen-bond acceptors (Lipinski definition) is 6. The quantitative estimate of drug-likeness (QED) is 0.625. The van der Waals surface area contributed by atoms with Gasteiger partial charge in [0.15, 0.2) is 0 Å². The zero-order chi connectivity index (χ0) is 19.1. The van der Waals surface area contributed by atoms with Gasteiger partial charge in [-0.15, -0.1) is 0 Å². The average Bonchev–Trinajstić information content (AvgIpc) is 2.54. The van der Waals surface area contributed by atoms with Gasteiger partial charge < -0.3 is 14.4 Å². The lowest BCUT2D eigenvalue weighted by Crippen LogP contribution is -2.43. The Balaban J connectivity index is 2.84. The number of rotatable bonds is 9. The monoisotopic (exact) mass is 392 g/mol. The molecule has 142 valence electrons. The Kier molecular flexibility index (Phi) is 7.92. The minimum atomic E-state index is -4.01. The molecule has 2 unspecified atom stereocenters. The third kappa shape index (κ3) is 6.68. The van der Waals surface area contributed by atoms with E-state index in [-0.39, 0.29) is 29.5 Å². The van der Waals surface area contributed by atoms with Crippen molar-refractivity contribution in [3.63, 3.8) is 0 Å². The lowest BCUT2D eigenvalue weighted by atomic mass is 10.3. The van der Waals surface area contributed by atoms with Crippen LogP contribution in [0.1, 0.15) is 34.1 Å². The first kappa shape index (κ1) is 21.5. The number of nitrogens with one attached hydrogen (secondary N) is 2. The molecule has 1 aromatic carbocycles. The summed E-state index contributed by atoms with van der Waals surface area (Å²) < 4.78 is 49.0. The Morgan fingerprint density at radius 2 is 1.80 bits per heavy atom. The summed E-state index contributed by atoms with van der Waals surface area (Å²) in [6.45, 7) is 7.26. The fourth-order valence-electron chi connectivity index (χ4n) is 1.76. The fraction of sp³-hybridized carbons (Fsp3) is 0.533. The van der Waals surface area contributed by atoms with Gasteiger partial charge in [0.2, 0.25) is 0 Å². The average molecular weight is 392 g/mol. The van der Waals surface area contributed by atoms with Gasteiger partial charge in [0, 0.05) is 6.04 Å². The van der Waals surface area contributed by atoms with Crippen molar-refractivity contribution in [1.29, 1.82) is 0 Å². The van der Waals surface area contributed by atoms with E-state index in [9.17, 15) is 17.8 Å². The normalized spacial score (nSPS) is 15.0. The van der Waals surface area contributed by atoms with Crippen molar-refractivity contribution in [1.82, 2.24) is 10.0 Å². The van der Waals surface area contributed by atoms with Crippen molar-refractivity contribution in [2.45, 2.75) is 45.1 Å². The molecule has 25 heavy (non-hydrogen) atoms. The number of benzene rings is 1. The van der Waals surface area contributed by atoms with Gasteiger partial charge in [0.25, 0.3) is 10.0 Å². The molecule has 0 saturated carbocycles. The molecule has 0 bridgehead atoms. The Morgan fingerprint density at radius 1 is 1.20 bits per heavy atom. The lowest BCUT2D eigenvalue weighted by molar-refractivity contribution is 0.242. The predicted octanol–water partition coefficient (Wildman–Crippen LogP) is 3.10. The second-order valence-corrected chi connectivity index (χ2v) is 9.27. The third-order valence-electron chi connectivity index (χ3n) is 3.31. The molecule has 1 rings (SSSR count). The van der Waals surface area contributed by atoms with E-state index in [2.05, 4.69) is 5.32 Å². The van der Waals surface area contributed by atoms with Crippen LogP contribution in [0.15, 0.2) is 29.2 Å². The van der Waals surface area contributed by atoms with E-state index >= 15 is 0 Å². The highest BCUT2D eigenvalue weighted by Gasteiger charge is 2.23. The molecule has 2 amide bonds. The molecule has 10 heteroatoms. The smallest absolute Gasteiger partial charge is 0.378 e. The van der Waals surface area contributed by atoms with Crippen molar-refractivity contribution >= 4 is 23.7 Å². The van der Waals surface area contributed by atoms with E-state index in [1.54, 1.807) is 20.8 Å². The summed E-state index contributed by atoms with van der Waals surface area (Å²) in [6, 6.07) is 4.32. The van der Waals surface area contributed by atoms with Gasteiger partial charge in [0.05, 0.1) is 17.7 Å². The molecule has 0 spiro atoms. The highest BCUT2D eigenvalue weighted by molar-refractivity contribution is 7.90. The van der Waals surface area contributed by atoms with Crippen LogP contribution in [0.2, 0.25) is 0 Å². The molecule has 2 atom stereocenters. The van der Waals surface area contributed by atoms with Gasteiger partial charge >= 0.3 is 13.6 Å². The van der Waals surface area contributed by atoms with Crippen molar-refractivity contribution in [3.8, 4) is 5.75 Å². The summed E-state index contributed by atoms with van der Waals surface area (Å²) in [5.74, 6) is 0.224. The first-order valence-electron chi connectivity index (χ1n) is 8.02. The number of carbonyl (C=O) groups excluding carboxylic acids is 1. The van der Waals surface area contributed by atoms with Crippen LogP contribution in [0.3, 0.4) is 0 Å². The number of sulfonamides is 1. The Hall–Kier alpha value is -1.57. The standard InChI is InChI=1S/C15H25N2O6PS/c1-5-12(4)16-15(18)17-25(20,21)14-10-8-13(9-11-14)23-24(19,7-3)22-6-2/h8-12H,5-7H2,1-4H3,(H2,16,17,18). The van der Waals surface area contributed by atoms with Crippen LogP contribution in [-0.4, -0.2) is 33.3 Å². The first-order chi connectivity index (χ1) is 11.7. The largest absolute Gasteiger partial charge is 0.424 e. The SMILES string of the molecule is CCOP(=O)(CC)Oc1ccc(S(=O)(=O)NC(=O)NC(C)CC)cc1. The van der Waals surface area contributed by atoms with E-state index in [1.165, 1.54) is 24.3 Å². The molecule has 0 heterocycles. The van der Waals surface area contributed by atoms with Gasteiger partial charge in [-0.2, -0.15) is 0 Å². The highest BCUT2D eigenvalue weighted by atomic mass is 32.2. The van der Waals surface area contributed by atoms with E-state index in [4.69, 9.17) is 9.05 Å². The summed E-state index contributed by atoms with van der Waals surface area (Å²) in [7, 11) is -7.26. The minimum absolute atomic E-state index is 0.109. The maximum atomic E-state index is 12.3. The van der Waals surface area contributed by atoms with E-state index in [0.29, 0.717) is 6.42 Å². The molecule has 2 N–H and O–H groups in total. The van der Waals surface area contributed by atoms with Crippen molar-refractivity contribution in [2.24, 2.45) is 0 Å². The second-order valence-electron chi connectivity index (χ2n) is 5.30. The van der Waals surface area contributed by atoms with Gasteiger partial charge in [-0.05, 0) is 44.5 Å².